The minimum Gasteiger partial charge on any atom is -0.399 e. The van der Waals surface area contributed by atoms with E-state index in [0.717, 1.165) is 5.56 Å². The molecule has 0 aliphatic carbocycles. The lowest BCUT2D eigenvalue weighted by Gasteiger charge is -2.18. The summed E-state index contributed by atoms with van der Waals surface area (Å²) in [5, 5.41) is 1.32. The predicted octanol–water partition coefficient (Wildman–Crippen LogP) is 5.33. The second-order valence-corrected chi connectivity index (χ2v) is 5.41. The van der Waals surface area contributed by atoms with Crippen molar-refractivity contribution in [1.82, 2.24) is 0 Å². The average Bonchev–Trinajstić information content (AvgIpc) is 2.35. The molecule has 0 amide bonds. The number of alkyl halides is 1. The van der Waals surface area contributed by atoms with E-state index in [9.17, 15) is 4.39 Å². The summed E-state index contributed by atoms with van der Waals surface area (Å²) in [5.74, 6) is -0.530. The van der Waals surface area contributed by atoms with Gasteiger partial charge >= 0.3 is 0 Å². The molecule has 1 atom stereocenters. The second-order valence-electron chi connectivity index (χ2n) is 4.16. The van der Waals surface area contributed by atoms with E-state index in [1.54, 1.807) is 36.4 Å². The van der Waals surface area contributed by atoms with Crippen LogP contribution in [0.4, 0.5) is 10.1 Å². The predicted molar refractivity (Wildman–Crippen MR) is 80.1 cm³/mol. The third kappa shape index (κ3) is 3.14. The van der Waals surface area contributed by atoms with Gasteiger partial charge in [-0.1, -0.05) is 46.9 Å². The van der Waals surface area contributed by atoms with Crippen LogP contribution in [0, 0.1) is 0 Å². The quantitative estimate of drug-likeness (QED) is 0.760. The molecule has 0 spiro atoms. The molecule has 19 heavy (non-hydrogen) atoms. The third-order valence-electron chi connectivity index (χ3n) is 2.88. The number of benzene rings is 2. The molecule has 0 saturated heterocycles. The molecular formula is C14H11Cl3FN. The average molecular weight is 319 g/mol. The number of rotatable bonds is 3. The van der Waals surface area contributed by atoms with Gasteiger partial charge in [-0.25, -0.2) is 0 Å². The highest BCUT2D eigenvalue weighted by Crippen LogP contribution is 2.37. The van der Waals surface area contributed by atoms with Gasteiger partial charge in [0.2, 0.25) is 0 Å². The van der Waals surface area contributed by atoms with E-state index in [1.165, 1.54) is 0 Å². The van der Waals surface area contributed by atoms with Crippen LogP contribution in [0.25, 0.3) is 0 Å². The largest absolute Gasteiger partial charge is 0.399 e. The zero-order chi connectivity index (χ0) is 14.0. The molecule has 0 fully saturated rings. The molecule has 2 N–H and O–H groups in total. The monoisotopic (exact) mass is 317 g/mol. The maximum absolute atomic E-state index is 13.4. The number of halogens is 4. The van der Waals surface area contributed by atoms with Crippen molar-refractivity contribution in [2.75, 3.05) is 12.4 Å². The first kappa shape index (κ1) is 14.4. The summed E-state index contributed by atoms with van der Waals surface area (Å²) in [5.41, 5.74) is 7.41. The number of hydrogen-bond donors (Lipinski definition) is 1. The lowest BCUT2D eigenvalue weighted by molar-refractivity contribution is 0.461. The molecule has 0 aromatic heterocycles. The Labute approximate surface area is 126 Å². The first-order chi connectivity index (χ1) is 9.02. The highest BCUT2D eigenvalue weighted by molar-refractivity contribution is 6.36. The van der Waals surface area contributed by atoms with E-state index in [4.69, 9.17) is 40.5 Å². The van der Waals surface area contributed by atoms with Gasteiger partial charge in [-0.05, 0) is 35.4 Å². The molecule has 0 saturated carbocycles. The molecule has 1 nitrogen and oxygen atoms in total. The van der Waals surface area contributed by atoms with Gasteiger partial charge in [-0.15, -0.1) is 0 Å². The van der Waals surface area contributed by atoms with Crippen molar-refractivity contribution >= 4 is 40.5 Å². The van der Waals surface area contributed by atoms with Crippen molar-refractivity contribution in [3.8, 4) is 0 Å². The number of anilines is 1. The summed E-state index contributed by atoms with van der Waals surface area (Å²) in [7, 11) is 0. The maximum atomic E-state index is 13.4. The Morgan fingerprint density at radius 1 is 1.00 bits per heavy atom. The number of nitrogens with two attached hydrogens (primary N) is 1. The topological polar surface area (TPSA) is 26.0 Å². The SMILES string of the molecule is Nc1cc(Cl)c(C(CF)c2ccc(Cl)cc2)c(Cl)c1. The van der Waals surface area contributed by atoms with Crippen molar-refractivity contribution in [2.45, 2.75) is 5.92 Å². The van der Waals surface area contributed by atoms with Crippen LogP contribution in [0.1, 0.15) is 17.0 Å². The Bertz CT molecular complexity index is 561. The molecule has 5 heteroatoms. The summed E-state index contributed by atoms with van der Waals surface area (Å²) in [6.45, 7) is -0.606. The highest BCUT2D eigenvalue weighted by Gasteiger charge is 2.20. The molecule has 2 rings (SSSR count). The van der Waals surface area contributed by atoms with Crippen LogP contribution >= 0.6 is 34.8 Å². The fourth-order valence-corrected chi connectivity index (χ4v) is 2.86. The Morgan fingerprint density at radius 2 is 1.53 bits per heavy atom. The zero-order valence-corrected chi connectivity index (χ0v) is 12.1. The van der Waals surface area contributed by atoms with Crippen LogP contribution in [0.15, 0.2) is 36.4 Å². The van der Waals surface area contributed by atoms with Crippen molar-refractivity contribution in [1.29, 1.82) is 0 Å². The smallest absolute Gasteiger partial charge is 0.100 e. The minimum absolute atomic E-state index is 0.364. The van der Waals surface area contributed by atoms with E-state index >= 15 is 0 Å². The lowest BCUT2D eigenvalue weighted by atomic mass is 9.92. The van der Waals surface area contributed by atoms with E-state index in [0.29, 0.717) is 26.3 Å². The molecule has 1 unspecified atom stereocenters. The molecule has 0 bridgehead atoms. The number of hydrogen-bond acceptors (Lipinski definition) is 1. The lowest BCUT2D eigenvalue weighted by Crippen LogP contribution is -2.05. The van der Waals surface area contributed by atoms with Gasteiger partial charge in [0, 0.05) is 26.7 Å². The van der Waals surface area contributed by atoms with Gasteiger partial charge in [0.1, 0.15) is 6.67 Å². The van der Waals surface area contributed by atoms with Crippen LogP contribution in [-0.4, -0.2) is 6.67 Å². The maximum Gasteiger partial charge on any atom is 0.100 e. The van der Waals surface area contributed by atoms with Crippen molar-refractivity contribution in [2.24, 2.45) is 0 Å². The normalized spacial score (nSPS) is 12.4. The van der Waals surface area contributed by atoms with Crippen molar-refractivity contribution in [3.05, 3.63) is 62.6 Å². The van der Waals surface area contributed by atoms with Gasteiger partial charge in [0.05, 0.1) is 0 Å². The Morgan fingerprint density at radius 3 is 2.00 bits per heavy atom. The second kappa shape index (κ2) is 6.00. The van der Waals surface area contributed by atoms with Crippen LogP contribution in [0.3, 0.4) is 0 Å². The molecular weight excluding hydrogens is 308 g/mol. The molecule has 0 aliphatic heterocycles. The summed E-state index contributed by atoms with van der Waals surface area (Å²) >= 11 is 18.1. The molecule has 0 aliphatic rings. The summed E-state index contributed by atoms with van der Waals surface area (Å²) in [6.07, 6.45) is 0. The van der Waals surface area contributed by atoms with E-state index in [-0.39, 0.29) is 0 Å². The fraction of sp³-hybridized carbons (Fsp3) is 0.143. The zero-order valence-electron chi connectivity index (χ0n) is 9.84. The van der Waals surface area contributed by atoms with E-state index < -0.39 is 12.6 Å². The molecule has 2 aromatic rings. The van der Waals surface area contributed by atoms with Crippen LogP contribution < -0.4 is 5.73 Å². The van der Waals surface area contributed by atoms with Gasteiger partial charge in [-0.2, -0.15) is 0 Å². The summed E-state index contributed by atoms with van der Waals surface area (Å²) in [6, 6.07) is 10.1. The van der Waals surface area contributed by atoms with Crippen LogP contribution in [-0.2, 0) is 0 Å². The first-order valence-electron chi connectivity index (χ1n) is 5.58. The summed E-state index contributed by atoms with van der Waals surface area (Å²) < 4.78 is 13.4. The van der Waals surface area contributed by atoms with Crippen molar-refractivity contribution < 1.29 is 4.39 Å². The van der Waals surface area contributed by atoms with Crippen LogP contribution in [0.2, 0.25) is 15.1 Å². The van der Waals surface area contributed by atoms with Gasteiger partial charge in [0.25, 0.3) is 0 Å². The van der Waals surface area contributed by atoms with Crippen LogP contribution in [0.5, 0.6) is 0 Å². The standard InChI is InChI=1S/C14H11Cl3FN/c15-9-3-1-8(2-4-9)11(7-18)14-12(16)5-10(19)6-13(14)17/h1-6,11H,7,19H2. The third-order valence-corrected chi connectivity index (χ3v) is 3.75. The van der Waals surface area contributed by atoms with Gasteiger partial charge in [-0.3, -0.25) is 4.39 Å². The Hall–Kier alpha value is -0.960. The first-order valence-corrected chi connectivity index (χ1v) is 6.72. The molecule has 0 radical (unpaired) electrons. The summed E-state index contributed by atoms with van der Waals surface area (Å²) in [4.78, 5) is 0. The molecule has 2 aromatic carbocycles. The van der Waals surface area contributed by atoms with Gasteiger partial charge in [0.15, 0.2) is 0 Å². The Kier molecular flexibility index (Phi) is 4.56. The minimum atomic E-state index is -0.606. The van der Waals surface area contributed by atoms with E-state index in [1.807, 2.05) is 0 Å². The van der Waals surface area contributed by atoms with Crippen molar-refractivity contribution in [3.63, 3.8) is 0 Å². The molecule has 100 valence electrons. The fourth-order valence-electron chi connectivity index (χ4n) is 1.96. The van der Waals surface area contributed by atoms with E-state index in [2.05, 4.69) is 0 Å². The Balaban J connectivity index is 2.51. The molecule has 0 heterocycles. The number of nitrogen functional groups attached to an aromatic ring is 1. The van der Waals surface area contributed by atoms with Gasteiger partial charge < -0.3 is 5.73 Å². The highest BCUT2D eigenvalue weighted by atomic mass is 35.5.